The van der Waals surface area contributed by atoms with Crippen molar-refractivity contribution in [1.29, 1.82) is 0 Å². The lowest BCUT2D eigenvalue weighted by molar-refractivity contribution is -0.118. The molecule has 0 saturated carbocycles. The lowest BCUT2D eigenvalue weighted by Crippen LogP contribution is -2.19. The summed E-state index contributed by atoms with van der Waals surface area (Å²) in [5.74, 6) is 1.57. The molecule has 0 atom stereocenters. The van der Waals surface area contributed by atoms with Crippen LogP contribution in [0.1, 0.15) is 16.7 Å². The minimum Gasteiger partial charge on any atom is -0.497 e. The van der Waals surface area contributed by atoms with Gasteiger partial charge in [0.05, 0.1) is 19.1 Å². The number of benzene rings is 1. The first kappa shape index (κ1) is 20.1. The highest BCUT2D eigenvalue weighted by atomic mass is 32.2. The first-order valence-corrected chi connectivity index (χ1v) is 10.5. The van der Waals surface area contributed by atoms with E-state index in [0.29, 0.717) is 11.7 Å². The van der Waals surface area contributed by atoms with Crippen LogP contribution in [0.2, 0.25) is 0 Å². The number of hydrogen-bond acceptors (Lipinski definition) is 7. The molecule has 0 fully saturated rings. The van der Waals surface area contributed by atoms with Crippen LogP contribution in [0.4, 0.5) is 0 Å². The Balaban J connectivity index is 1.60. The van der Waals surface area contributed by atoms with E-state index < -0.39 is 0 Å². The molecule has 0 aliphatic carbocycles. The fraction of sp³-hybridized carbons (Fsp3) is 0.263. The van der Waals surface area contributed by atoms with Crippen molar-refractivity contribution < 1.29 is 9.53 Å². The molecule has 0 aliphatic heterocycles. The summed E-state index contributed by atoms with van der Waals surface area (Å²) in [4.78, 5) is 14.2. The summed E-state index contributed by atoms with van der Waals surface area (Å²) in [5.41, 5.74) is 3.49. The molecule has 1 amide bonds. The number of hydrogen-bond donors (Lipinski definition) is 1. The molecule has 28 heavy (non-hydrogen) atoms. The van der Waals surface area contributed by atoms with Crippen molar-refractivity contribution >= 4 is 35.2 Å². The molecule has 1 N–H and O–H groups in total. The molecule has 3 rings (SSSR count). The van der Waals surface area contributed by atoms with E-state index in [-0.39, 0.29) is 11.7 Å². The average Bonchev–Trinajstić information content (AvgIpc) is 3.32. The van der Waals surface area contributed by atoms with Crippen molar-refractivity contribution in [2.75, 3.05) is 12.9 Å². The van der Waals surface area contributed by atoms with E-state index in [9.17, 15) is 4.79 Å². The molecule has 0 saturated heterocycles. The topological polar surface area (TPSA) is 81.4 Å². The number of rotatable bonds is 8. The van der Waals surface area contributed by atoms with Gasteiger partial charge in [-0.1, -0.05) is 11.8 Å². The molecule has 2 heterocycles. The maximum absolute atomic E-state index is 12.0. The predicted molar refractivity (Wildman–Crippen MR) is 113 cm³/mol. The third kappa shape index (κ3) is 4.99. The molecule has 0 bridgehead atoms. The molecular weight excluding hydrogens is 394 g/mol. The summed E-state index contributed by atoms with van der Waals surface area (Å²) >= 11 is 2.96. The highest BCUT2D eigenvalue weighted by Gasteiger charge is 2.14. The van der Waals surface area contributed by atoms with Gasteiger partial charge in [-0.25, -0.2) is 5.43 Å². The average molecular weight is 416 g/mol. The van der Waals surface area contributed by atoms with Crippen LogP contribution in [0.15, 0.2) is 46.7 Å². The fourth-order valence-corrected chi connectivity index (χ4v) is 4.03. The number of carbonyl (C=O) groups is 1. The van der Waals surface area contributed by atoms with Gasteiger partial charge in [0.1, 0.15) is 5.75 Å². The lowest BCUT2D eigenvalue weighted by atomic mass is 10.2. The van der Waals surface area contributed by atoms with Crippen LogP contribution in [0.5, 0.6) is 5.75 Å². The zero-order valence-electron chi connectivity index (χ0n) is 15.9. The highest BCUT2D eigenvalue weighted by Crippen LogP contribution is 2.25. The molecule has 0 spiro atoms. The Morgan fingerprint density at radius 3 is 2.71 bits per heavy atom. The third-order valence-corrected chi connectivity index (χ3v) is 5.76. The van der Waals surface area contributed by atoms with Gasteiger partial charge in [0, 0.05) is 21.9 Å². The molecule has 146 valence electrons. The standard InChI is InChI=1S/C19H21N5O2S2/c1-4-24-18(14-6-8-15(26-3)9-7-14)22-23-19(24)27-12-17(25)21-20-11-16-10-5-13(2)28-16/h5-11H,4,12H2,1-3H3,(H,21,25)/b20-11-. The smallest absolute Gasteiger partial charge is 0.250 e. The Labute approximate surface area is 171 Å². The summed E-state index contributed by atoms with van der Waals surface area (Å²) in [7, 11) is 1.63. The van der Waals surface area contributed by atoms with E-state index in [4.69, 9.17) is 4.74 Å². The van der Waals surface area contributed by atoms with Crippen molar-refractivity contribution in [3.05, 3.63) is 46.2 Å². The molecule has 2 aromatic heterocycles. The van der Waals surface area contributed by atoms with Crippen LogP contribution in [0, 0.1) is 6.92 Å². The molecule has 7 nitrogen and oxygen atoms in total. The van der Waals surface area contributed by atoms with E-state index >= 15 is 0 Å². The zero-order valence-corrected chi connectivity index (χ0v) is 17.5. The van der Waals surface area contributed by atoms with Crippen molar-refractivity contribution in [1.82, 2.24) is 20.2 Å². The second-order valence-electron chi connectivity index (χ2n) is 5.81. The Kier molecular flexibility index (Phi) is 6.83. The van der Waals surface area contributed by atoms with Crippen LogP contribution in [0.3, 0.4) is 0 Å². The fourth-order valence-electron chi connectivity index (χ4n) is 2.49. The van der Waals surface area contributed by atoms with Crippen LogP contribution in [-0.2, 0) is 11.3 Å². The molecule has 0 unspecified atom stereocenters. The van der Waals surface area contributed by atoms with Gasteiger partial charge in [0.25, 0.3) is 5.91 Å². The third-order valence-electron chi connectivity index (χ3n) is 3.86. The van der Waals surface area contributed by atoms with E-state index in [0.717, 1.165) is 22.0 Å². The molecule has 0 radical (unpaired) electrons. The molecule has 1 aromatic carbocycles. The number of nitrogens with zero attached hydrogens (tertiary/aromatic N) is 4. The second-order valence-corrected chi connectivity index (χ2v) is 8.07. The summed E-state index contributed by atoms with van der Waals surface area (Å²) in [6.45, 7) is 4.75. The molecule has 0 aliphatic rings. The van der Waals surface area contributed by atoms with E-state index in [1.807, 2.05) is 54.8 Å². The van der Waals surface area contributed by atoms with Crippen LogP contribution < -0.4 is 10.2 Å². The van der Waals surface area contributed by atoms with Crippen molar-refractivity contribution in [2.45, 2.75) is 25.5 Å². The number of thioether (sulfide) groups is 1. The zero-order chi connectivity index (χ0) is 19.9. The first-order chi connectivity index (χ1) is 13.6. The second kappa shape index (κ2) is 9.52. The Hall–Kier alpha value is -2.65. The van der Waals surface area contributed by atoms with Gasteiger partial charge in [0.2, 0.25) is 0 Å². The predicted octanol–water partition coefficient (Wildman–Crippen LogP) is 3.59. The van der Waals surface area contributed by atoms with Gasteiger partial charge in [-0.15, -0.1) is 21.5 Å². The highest BCUT2D eigenvalue weighted by molar-refractivity contribution is 7.99. The number of aromatic nitrogens is 3. The number of ether oxygens (including phenoxy) is 1. The number of thiophene rings is 1. The quantitative estimate of drug-likeness (QED) is 0.345. The van der Waals surface area contributed by atoms with Gasteiger partial charge >= 0.3 is 0 Å². The van der Waals surface area contributed by atoms with Gasteiger partial charge in [-0.2, -0.15) is 5.10 Å². The van der Waals surface area contributed by atoms with Crippen molar-refractivity contribution in [3.8, 4) is 17.1 Å². The monoisotopic (exact) mass is 415 g/mol. The van der Waals surface area contributed by atoms with Gasteiger partial charge < -0.3 is 9.30 Å². The van der Waals surface area contributed by atoms with Crippen LogP contribution in [-0.4, -0.2) is 39.7 Å². The van der Waals surface area contributed by atoms with E-state index in [2.05, 4.69) is 20.7 Å². The summed E-state index contributed by atoms with van der Waals surface area (Å²) in [5, 5.41) is 13.2. The van der Waals surface area contributed by atoms with Crippen molar-refractivity contribution in [3.63, 3.8) is 0 Å². The SMILES string of the molecule is CCn1c(SCC(=O)N/N=C\c2ccc(C)s2)nnc1-c1ccc(OC)cc1. The lowest BCUT2D eigenvalue weighted by Gasteiger charge is -2.07. The minimum atomic E-state index is -0.189. The van der Waals surface area contributed by atoms with Gasteiger partial charge in [-0.3, -0.25) is 4.79 Å². The number of nitrogens with one attached hydrogen (secondary N) is 1. The first-order valence-electron chi connectivity index (χ1n) is 8.69. The Bertz CT molecular complexity index is 963. The number of hydrazone groups is 1. The minimum absolute atomic E-state index is 0.189. The van der Waals surface area contributed by atoms with Crippen LogP contribution in [0.25, 0.3) is 11.4 Å². The van der Waals surface area contributed by atoms with Gasteiger partial charge in [-0.05, 0) is 50.2 Å². The molecule has 3 aromatic rings. The molecular formula is C19H21N5O2S2. The van der Waals surface area contributed by atoms with Crippen molar-refractivity contribution in [2.24, 2.45) is 5.10 Å². The summed E-state index contributed by atoms with van der Waals surface area (Å²) in [6.07, 6.45) is 1.65. The normalized spacial score (nSPS) is 11.1. The number of amides is 1. The van der Waals surface area contributed by atoms with E-state index in [1.165, 1.54) is 16.6 Å². The largest absolute Gasteiger partial charge is 0.497 e. The summed E-state index contributed by atoms with van der Waals surface area (Å²) < 4.78 is 7.17. The Morgan fingerprint density at radius 1 is 1.29 bits per heavy atom. The maximum atomic E-state index is 12.0. The summed E-state index contributed by atoms with van der Waals surface area (Å²) in [6, 6.07) is 11.6. The maximum Gasteiger partial charge on any atom is 0.250 e. The number of methoxy groups -OCH3 is 1. The Morgan fingerprint density at radius 2 is 2.07 bits per heavy atom. The molecule has 9 heteroatoms. The van der Waals surface area contributed by atoms with E-state index in [1.54, 1.807) is 24.7 Å². The number of carbonyl (C=O) groups excluding carboxylic acids is 1. The number of aryl methyl sites for hydroxylation is 1. The van der Waals surface area contributed by atoms with Crippen LogP contribution >= 0.6 is 23.1 Å². The van der Waals surface area contributed by atoms with Gasteiger partial charge in [0.15, 0.2) is 11.0 Å².